The lowest BCUT2D eigenvalue weighted by atomic mass is 9.82. The molecule has 0 saturated carbocycles. The average Bonchev–Trinajstić information content (AvgIpc) is 2.98. The molecule has 2 heterocycles. The number of carbonyl (C=O) groups excluding carboxylic acids is 2. The predicted octanol–water partition coefficient (Wildman–Crippen LogP) is 3.05. The minimum absolute atomic E-state index is 0.103. The number of hydrogen-bond acceptors (Lipinski definition) is 4. The summed E-state index contributed by atoms with van der Waals surface area (Å²) in [6, 6.07) is 6.62. The first-order chi connectivity index (χ1) is 9.52. The van der Waals surface area contributed by atoms with Gasteiger partial charge in [0.05, 0.1) is 5.69 Å². The Labute approximate surface area is 119 Å². The van der Waals surface area contributed by atoms with Crippen LogP contribution in [0.3, 0.4) is 0 Å². The molecule has 0 amide bonds. The highest BCUT2D eigenvalue weighted by atomic mass is 32.1. The van der Waals surface area contributed by atoms with Gasteiger partial charge in [-0.3, -0.25) is 4.99 Å². The van der Waals surface area contributed by atoms with Crippen molar-refractivity contribution in [1.82, 2.24) is 0 Å². The van der Waals surface area contributed by atoms with E-state index < -0.39 is 0 Å². The highest BCUT2D eigenvalue weighted by Crippen LogP contribution is 2.44. The van der Waals surface area contributed by atoms with E-state index in [1.165, 1.54) is 27.0 Å². The number of rotatable bonds is 0. The van der Waals surface area contributed by atoms with Crippen molar-refractivity contribution in [1.29, 1.82) is 1.34 Å². The Hall–Kier alpha value is -1.71. The quantitative estimate of drug-likeness (QED) is 0.692. The molecular formula is C14H14BNO2S. The van der Waals surface area contributed by atoms with Crippen molar-refractivity contribution in [2.75, 3.05) is 0 Å². The molecule has 5 heteroatoms. The van der Waals surface area contributed by atoms with Crippen LogP contribution < -0.4 is 0 Å². The van der Waals surface area contributed by atoms with Crippen LogP contribution in [0.1, 0.15) is 26.3 Å². The van der Waals surface area contributed by atoms with Gasteiger partial charge < -0.3 is 0 Å². The van der Waals surface area contributed by atoms with Gasteiger partial charge in [-0.1, -0.05) is 19.9 Å². The number of thiophene rings is 1. The second-order valence-electron chi connectivity index (χ2n) is 4.70. The van der Waals surface area contributed by atoms with Crippen molar-refractivity contribution < 1.29 is 9.59 Å². The van der Waals surface area contributed by atoms with Gasteiger partial charge in [0.25, 0.3) is 0 Å². The van der Waals surface area contributed by atoms with Gasteiger partial charge in [0.15, 0.2) is 0 Å². The molecule has 0 unspecified atom stereocenters. The van der Waals surface area contributed by atoms with Crippen LogP contribution >= 0.6 is 11.3 Å². The van der Waals surface area contributed by atoms with E-state index in [0.717, 1.165) is 0 Å². The summed E-state index contributed by atoms with van der Waals surface area (Å²) in [7, 11) is 3.75. The number of benzene rings is 1. The molecular weight excluding hydrogens is 257 g/mol. The highest BCUT2D eigenvalue weighted by Gasteiger charge is 2.32. The van der Waals surface area contributed by atoms with Crippen LogP contribution in [-0.4, -0.2) is 21.6 Å². The van der Waals surface area contributed by atoms with Crippen molar-refractivity contribution in [3.8, 4) is 0 Å². The van der Waals surface area contributed by atoms with Crippen molar-refractivity contribution in [3.63, 3.8) is 0 Å². The van der Waals surface area contributed by atoms with Gasteiger partial charge in [-0.25, -0.2) is 0 Å². The maximum atomic E-state index is 8.12. The SMILES string of the molecule is CC1=Nc2c(ccc3sccc23)C1(C)C.O=C=O.[2H][B]. The van der Waals surface area contributed by atoms with E-state index in [9.17, 15) is 0 Å². The summed E-state index contributed by atoms with van der Waals surface area (Å²) in [4.78, 5) is 21.0. The summed E-state index contributed by atoms with van der Waals surface area (Å²) >= 11 is 1.79. The average molecular weight is 272 g/mol. The molecule has 3 rings (SSSR count). The van der Waals surface area contributed by atoms with Crippen molar-refractivity contribution in [2.24, 2.45) is 4.99 Å². The number of fused-ring (bicyclic) bond motifs is 3. The molecule has 0 fully saturated rings. The molecule has 0 atom stereocenters. The first-order valence-electron chi connectivity index (χ1n) is 6.16. The Morgan fingerprint density at radius 2 is 1.95 bits per heavy atom. The van der Waals surface area contributed by atoms with Crippen molar-refractivity contribution in [3.05, 3.63) is 29.1 Å². The van der Waals surface area contributed by atoms with E-state index >= 15 is 0 Å². The molecule has 1 aromatic heterocycles. The van der Waals surface area contributed by atoms with Crippen LogP contribution in [0.15, 0.2) is 28.6 Å². The van der Waals surface area contributed by atoms with Crippen LogP contribution in [0.5, 0.6) is 0 Å². The standard InChI is InChI=1S/C13H13NS.CO2.BH/c1-8-13(2,3)10-4-5-11-9(6-7-15-11)12(10)14-8;2-1-3;/h4-7H,1-3H3;;1H/i;;1D. The summed E-state index contributed by atoms with van der Waals surface area (Å²) in [5, 5.41) is 3.45. The van der Waals surface area contributed by atoms with Crippen LogP contribution in [0.25, 0.3) is 10.1 Å². The molecule has 2 radical (unpaired) electrons. The van der Waals surface area contributed by atoms with Crippen LogP contribution in [0.4, 0.5) is 5.69 Å². The van der Waals surface area contributed by atoms with Gasteiger partial charge >= 0.3 is 6.15 Å². The van der Waals surface area contributed by atoms with E-state index in [1.807, 2.05) is 0 Å². The van der Waals surface area contributed by atoms with Gasteiger partial charge in [0.1, 0.15) is 0 Å². The van der Waals surface area contributed by atoms with Gasteiger partial charge in [0.2, 0.25) is 0 Å². The molecule has 0 N–H and O–H groups in total. The summed E-state index contributed by atoms with van der Waals surface area (Å²) in [5.74, 6) is 0. The Morgan fingerprint density at radius 1 is 1.32 bits per heavy atom. The molecule has 1 aliphatic heterocycles. The maximum Gasteiger partial charge on any atom is 0.373 e. The zero-order chi connectivity index (χ0) is 15.3. The molecule has 2 aromatic rings. The Balaban J connectivity index is 0.000000357. The number of nitrogens with zero attached hydrogens (tertiary/aromatic N) is 1. The molecule has 3 nitrogen and oxygen atoms in total. The summed E-state index contributed by atoms with van der Waals surface area (Å²) in [6.07, 6.45) is 0.250. The monoisotopic (exact) mass is 272 g/mol. The van der Waals surface area contributed by atoms with Gasteiger partial charge in [-0.15, -0.1) is 11.3 Å². The fourth-order valence-corrected chi connectivity index (χ4v) is 2.94. The van der Waals surface area contributed by atoms with Gasteiger partial charge in [-0.05, 0) is 31.3 Å². The maximum absolute atomic E-state index is 8.12. The lowest BCUT2D eigenvalue weighted by Crippen LogP contribution is -2.22. The Bertz CT molecular complexity index is 673. The van der Waals surface area contributed by atoms with Crippen LogP contribution in [-0.2, 0) is 15.0 Å². The smallest absolute Gasteiger partial charge is 0.256 e. The highest BCUT2D eigenvalue weighted by molar-refractivity contribution is 7.17. The summed E-state index contributed by atoms with van der Waals surface area (Å²) < 4.78 is 6.59. The van der Waals surface area contributed by atoms with E-state index in [1.54, 1.807) is 11.3 Å². The fraction of sp³-hybridized carbons (Fsp3) is 0.286. The number of hydrogen-bond donors (Lipinski definition) is 0. The molecule has 19 heavy (non-hydrogen) atoms. The third-order valence-corrected chi connectivity index (χ3v) is 4.35. The summed E-state index contributed by atoms with van der Waals surface area (Å²) in [6.45, 7) is 6.62. The Kier molecular flexibility index (Phi) is 3.98. The second-order valence-corrected chi connectivity index (χ2v) is 5.65. The molecule has 1 aliphatic rings. The van der Waals surface area contributed by atoms with Crippen molar-refractivity contribution in [2.45, 2.75) is 26.2 Å². The van der Waals surface area contributed by atoms with Gasteiger partial charge in [0, 0.05) is 29.6 Å². The lowest BCUT2D eigenvalue weighted by Gasteiger charge is -2.19. The second kappa shape index (κ2) is 5.51. The molecule has 0 saturated heterocycles. The third-order valence-electron chi connectivity index (χ3n) is 3.46. The largest absolute Gasteiger partial charge is 0.373 e. The number of aliphatic imine (C=N–C) groups is 1. The van der Waals surface area contributed by atoms with Crippen LogP contribution in [0, 0.1) is 0 Å². The van der Waals surface area contributed by atoms with E-state index in [0.29, 0.717) is 0 Å². The Morgan fingerprint density at radius 3 is 2.58 bits per heavy atom. The fourth-order valence-electron chi connectivity index (χ4n) is 2.16. The zero-order valence-corrected chi connectivity index (χ0v) is 11.9. The third kappa shape index (κ3) is 2.39. The summed E-state index contributed by atoms with van der Waals surface area (Å²) in [5.41, 5.74) is 3.88. The lowest BCUT2D eigenvalue weighted by molar-refractivity contribution is -0.191. The minimum atomic E-state index is 0.103. The molecule has 96 valence electrons. The molecule has 0 aliphatic carbocycles. The predicted molar refractivity (Wildman–Crippen MR) is 79.8 cm³/mol. The zero-order valence-electron chi connectivity index (χ0n) is 12.1. The van der Waals surface area contributed by atoms with Crippen molar-refractivity contribution >= 4 is 47.3 Å². The molecule has 0 spiro atoms. The van der Waals surface area contributed by atoms with Crippen LogP contribution in [0.2, 0.25) is 0 Å². The van der Waals surface area contributed by atoms with E-state index in [4.69, 9.17) is 15.9 Å². The first kappa shape index (κ1) is 13.7. The minimum Gasteiger partial charge on any atom is -0.256 e. The molecule has 0 bridgehead atoms. The van der Waals surface area contributed by atoms with Gasteiger partial charge in [-0.2, -0.15) is 9.59 Å². The normalized spacial score (nSPS) is 14.9. The first-order valence-corrected chi connectivity index (χ1v) is 6.46. The topological polar surface area (TPSA) is 46.5 Å². The van der Waals surface area contributed by atoms with E-state index in [-0.39, 0.29) is 11.6 Å². The molecule has 1 aromatic carbocycles. The van der Waals surface area contributed by atoms with E-state index in [2.05, 4.69) is 52.7 Å².